The van der Waals surface area contributed by atoms with E-state index < -0.39 is 0 Å². The number of fused-ring (bicyclic) bond motifs is 1. The van der Waals surface area contributed by atoms with Crippen LogP contribution in [0.4, 0.5) is 0 Å². The van der Waals surface area contributed by atoms with E-state index in [0.29, 0.717) is 17.1 Å². The van der Waals surface area contributed by atoms with E-state index in [1.165, 1.54) is 4.73 Å². The first-order chi connectivity index (χ1) is 9.20. The molecular formula is C15H17N2O2+. The molecule has 0 saturated heterocycles. The highest BCUT2D eigenvalue weighted by molar-refractivity contribution is 5.58. The monoisotopic (exact) mass is 257 g/mol. The van der Waals surface area contributed by atoms with Gasteiger partial charge in [0.2, 0.25) is 0 Å². The predicted molar refractivity (Wildman–Crippen MR) is 71.8 cm³/mol. The lowest BCUT2D eigenvalue weighted by molar-refractivity contribution is -0.496. The maximum Gasteiger partial charge on any atom is 0.292 e. The molecule has 1 heterocycles. The standard InChI is InChI=1S/C15H17N2O2/c1-11-15(12-7-3-2-4-8-12)17(19)14-10-6-5-9-13(14)16(11)18/h2-4,7-8,18H,5-6,9-10H2,1H3/q+1. The van der Waals surface area contributed by atoms with Crippen molar-refractivity contribution in [3.63, 3.8) is 0 Å². The fourth-order valence-electron chi connectivity index (χ4n) is 2.83. The molecule has 0 fully saturated rings. The Labute approximate surface area is 111 Å². The van der Waals surface area contributed by atoms with Gasteiger partial charge in [0, 0.05) is 11.3 Å². The fraction of sp³-hybridized carbons (Fsp3) is 0.333. The molecule has 1 N–H and O–H groups in total. The first-order valence-electron chi connectivity index (χ1n) is 6.64. The van der Waals surface area contributed by atoms with E-state index in [4.69, 9.17) is 0 Å². The fourth-order valence-corrected chi connectivity index (χ4v) is 2.83. The average Bonchev–Trinajstić information content (AvgIpc) is 2.46. The molecule has 0 amide bonds. The Morgan fingerprint density at radius 2 is 1.84 bits per heavy atom. The van der Waals surface area contributed by atoms with Gasteiger partial charge in [0.25, 0.3) is 11.4 Å². The third-order valence-corrected chi connectivity index (χ3v) is 3.82. The van der Waals surface area contributed by atoms with Crippen LogP contribution in [-0.4, -0.2) is 9.94 Å². The molecule has 2 aromatic rings. The lowest BCUT2D eigenvalue weighted by Gasteiger charge is -2.15. The van der Waals surface area contributed by atoms with Crippen LogP contribution in [0, 0.1) is 11.8 Å². The summed E-state index contributed by atoms with van der Waals surface area (Å²) in [6, 6.07) is 9.50. The number of rotatable bonds is 1. The number of nitrogens with zero attached hydrogens (tertiary/aromatic N) is 2. The molecular weight excluding hydrogens is 240 g/mol. The number of hydrogen-bond donors (Lipinski definition) is 1. The summed E-state index contributed by atoms with van der Waals surface area (Å²) in [6.07, 6.45) is 3.54. The summed E-state index contributed by atoms with van der Waals surface area (Å²) < 4.78 is 2.21. The smallest absolute Gasteiger partial charge is 0.292 e. The molecule has 1 aliphatic carbocycles. The Morgan fingerprint density at radius 1 is 1.16 bits per heavy atom. The average molecular weight is 257 g/mol. The van der Waals surface area contributed by atoms with Gasteiger partial charge in [0.15, 0.2) is 0 Å². The second-order valence-electron chi connectivity index (χ2n) is 5.01. The van der Waals surface area contributed by atoms with Gasteiger partial charge >= 0.3 is 0 Å². The Hall–Kier alpha value is -2.10. The first kappa shape index (κ1) is 12.0. The summed E-state index contributed by atoms with van der Waals surface area (Å²) in [6.45, 7) is 1.78. The van der Waals surface area contributed by atoms with Gasteiger partial charge in [-0.3, -0.25) is 0 Å². The molecule has 4 heteroatoms. The van der Waals surface area contributed by atoms with E-state index in [0.717, 1.165) is 41.4 Å². The van der Waals surface area contributed by atoms with Crippen LogP contribution < -0.4 is 4.43 Å². The summed E-state index contributed by atoms with van der Waals surface area (Å²) in [5, 5.41) is 10.3. The summed E-state index contributed by atoms with van der Waals surface area (Å²) in [5.74, 6) is 0. The van der Waals surface area contributed by atoms with Gasteiger partial charge in [-0.15, -0.1) is 0 Å². The van der Waals surface area contributed by atoms with E-state index in [9.17, 15) is 10.1 Å². The van der Waals surface area contributed by atoms with E-state index in [-0.39, 0.29) is 0 Å². The molecule has 0 unspecified atom stereocenters. The number of aromatic nitrogens is 2. The molecule has 0 spiro atoms. The molecule has 1 aromatic heterocycles. The molecule has 0 saturated carbocycles. The zero-order chi connectivity index (χ0) is 13.4. The van der Waals surface area contributed by atoms with E-state index in [1.807, 2.05) is 30.3 Å². The maximum absolute atomic E-state index is 12.6. The van der Waals surface area contributed by atoms with Crippen molar-refractivity contribution in [1.82, 2.24) is 4.73 Å². The highest BCUT2D eigenvalue weighted by Crippen LogP contribution is 2.24. The molecule has 0 aliphatic heterocycles. The maximum atomic E-state index is 12.6. The van der Waals surface area contributed by atoms with Crippen molar-refractivity contribution in [3.8, 4) is 11.3 Å². The van der Waals surface area contributed by atoms with Crippen molar-refractivity contribution in [2.45, 2.75) is 32.6 Å². The van der Waals surface area contributed by atoms with Crippen LogP contribution in [0.1, 0.15) is 29.9 Å². The van der Waals surface area contributed by atoms with Crippen LogP contribution in [0.15, 0.2) is 30.3 Å². The summed E-state index contributed by atoms with van der Waals surface area (Å²) >= 11 is 0. The minimum Gasteiger partial charge on any atom is -0.428 e. The molecule has 0 bridgehead atoms. The van der Waals surface area contributed by atoms with Gasteiger partial charge in [0.05, 0.1) is 9.99 Å². The van der Waals surface area contributed by atoms with Gasteiger partial charge in [0.1, 0.15) is 11.4 Å². The topological polar surface area (TPSA) is 48.1 Å². The highest BCUT2D eigenvalue weighted by atomic mass is 16.5. The molecule has 0 radical (unpaired) electrons. The molecule has 1 aromatic carbocycles. The Kier molecular flexibility index (Phi) is 2.85. The molecule has 0 atom stereocenters. The van der Waals surface area contributed by atoms with Crippen LogP contribution in [0.25, 0.3) is 11.3 Å². The summed E-state index contributed by atoms with van der Waals surface area (Å²) in [5.41, 5.74) is 3.45. The lowest BCUT2D eigenvalue weighted by atomic mass is 9.99. The SMILES string of the molecule is Cc1c(-c2ccccc2)[n+](=O)c2c(n1O)CCCC2. The summed E-state index contributed by atoms with van der Waals surface area (Å²) in [4.78, 5) is 12.6. The highest BCUT2D eigenvalue weighted by Gasteiger charge is 2.30. The minimum atomic E-state index is 0.545. The predicted octanol–water partition coefficient (Wildman–Crippen LogP) is 2.49. The van der Waals surface area contributed by atoms with Gasteiger partial charge < -0.3 is 5.21 Å². The van der Waals surface area contributed by atoms with Gasteiger partial charge in [-0.05, 0) is 38.3 Å². The number of benzene rings is 1. The van der Waals surface area contributed by atoms with E-state index in [2.05, 4.69) is 0 Å². The Morgan fingerprint density at radius 3 is 2.58 bits per heavy atom. The molecule has 3 rings (SSSR count). The van der Waals surface area contributed by atoms with Crippen LogP contribution in [-0.2, 0) is 12.8 Å². The lowest BCUT2D eigenvalue weighted by Crippen LogP contribution is -2.33. The third-order valence-electron chi connectivity index (χ3n) is 3.82. The van der Waals surface area contributed by atoms with Crippen LogP contribution in [0.2, 0.25) is 0 Å². The first-order valence-corrected chi connectivity index (χ1v) is 6.64. The molecule has 4 nitrogen and oxygen atoms in total. The van der Waals surface area contributed by atoms with Gasteiger partial charge in [-0.2, -0.15) is 4.73 Å². The Balaban J connectivity index is 2.32. The molecule has 98 valence electrons. The second-order valence-corrected chi connectivity index (χ2v) is 5.01. The quantitative estimate of drug-likeness (QED) is 0.630. The third kappa shape index (κ3) is 1.84. The zero-order valence-electron chi connectivity index (χ0n) is 11.0. The number of hydrogen-bond acceptors (Lipinski definition) is 2. The van der Waals surface area contributed by atoms with Gasteiger partial charge in [-0.25, -0.2) is 0 Å². The van der Waals surface area contributed by atoms with Crippen molar-refractivity contribution >= 4 is 0 Å². The second kappa shape index (κ2) is 4.53. The van der Waals surface area contributed by atoms with Crippen molar-refractivity contribution in [2.24, 2.45) is 0 Å². The Bertz CT molecular complexity index is 675. The van der Waals surface area contributed by atoms with Gasteiger partial charge in [-0.1, -0.05) is 18.2 Å². The molecule has 19 heavy (non-hydrogen) atoms. The summed E-state index contributed by atoms with van der Waals surface area (Å²) in [7, 11) is 0. The van der Waals surface area contributed by atoms with E-state index in [1.54, 1.807) is 6.92 Å². The minimum absolute atomic E-state index is 0.545. The van der Waals surface area contributed by atoms with Crippen molar-refractivity contribution in [3.05, 3.63) is 52.3 Å². The van der Waals surface area contributed by atoms with Crippen molar-refractivity contribution in [2.75, 3.05) is 0 Å². The van der Waals surface area contributed by atoms with Crippen molar-refractivity contribution in [1.29, 1.82) is 0 Å². The van der Waals surface area contributed by atoms with Crippen LogP contribution >= 0.6 is 0 Å². The molecule has 1 aliphatic rings. The van der Waals surface area contributed by atoms with E-state index >= 15 is 0 Å². The largest absolute Gasteiger partial charge is 0.428 e. The zero-order valence-corrected chi connectivity index (χ0v) is 11.0. The van der Waals surface area contributed by atoms with Crippen molar-refractivity contribution < 1.29 is 9.63 Å². The normalized spacial score (nSPS) is 14.2. The van der Waals surface area contributed by atoms with Crippen LogP contribution in [0.5, 0.6) is 0 Å². The van der Waals surface area contributed by atoms with Crippen LogP contribution in [0.3, 0.4) is 0 Å².